The number of carbonyl (C=O) groups is 1. The van der Waals surface area contributed by atoms with Gasteiger partial charge in [-0.1, -0.05) is 30.3 Å². The normalized spacial score (nSPS) is 12.8. The SMILES string of the molecule is NC(Cc1c[nH]c2ccccc12)c1nc(C(=O)NCc2ccc(C(F)(F)F)cc2)co1. The molecule has 0 aliphatic heterocycles. The average Bonchev–Trinajstić information content (AvgIpc) is 3.40. The monoisotopic (exact) mass is 428 g/mol. The molecule has 0 saturated heterocycles. The lowest BCUT2D eigenvalue weighted by atomic mass is 10.1. The van der Waals surface area contributed by atoms with Gasteiger partial charge >= 0.3 is 6.18 Å². The quantitative estimate of drug-likeness (QED) is 0.425. The van der Waals surface area contributed by atoms with Crippen molar-refractivity contribution in [3.05, 3.63) is 89.3 Å². The Morgan fingerprint density at radius 2 is 1.90 bits per heavy atom. The number of aromatic nitrogens is 2. The average molecular weight is 428 g/mol. The van der Waals surface area contributed by atoms with Gasteiger partial charge in [-0.3, -0.25) is 4.79 Å². The number of alkyl halides is 3. The summed E-state index contributed by atoms with van der Waals surface area (Å²) in [5.74, 6) is -0.279. The van der Waals surface area contributed by atoms with E-state index in [1.54, 1.807) is 0 Å². The number of para-hydroxylation sites is 1. The topological polar surface area (TPSA) is 96.9 Å². The van der Waals surface area contributed by atoms with Crippen LogP contribution in [0.5, 0.6) is 0 Å². The van der Waals surface area contributed by atoms with Crippen molar-refractivity contribution in [2.45, 2.75) is 25.2 Å². The van der Waals surface area contributed by atoms with Gasteiger partial charge in [0, 0.05) is 23.6 Å². The number of nitrogens with one attached hydrogen (secondary N) is 2. The summed E-state index contributed by atoms with van der Waals surface area (Å²) >= 11 is 0. The molecule has 1 amide bonds. The molecule has 0 saturated carbocycles. The number of hydrogen-bond donors (Lipinski definition) is 3. The zero-order chi connectivity index (χ0) is 22.0. The molecule has 1 unspecified atom stereocenters. The van der Waals surface area contributed by atoms with E-state index < -0.39 is 23.7 Å². The van der Waals surface area contributed by atoms with E-state index in [1.165, 1.54) is 18.4 Å². The van der Waals surface area contributed by atoms with Gasteiger partial charge < -0.3 is 20.5 Å². The molecule has 1 atom stereocenters. The third kappa shape index (κ3) is 4.61. The molecule has 4 N–H and O–H groups in total. The molecule has 2 heterocycles. The van der Waals surface area contributed by atoms with Crippen LogP contribution in [0.3, 0.4) is 0 Å². The van der Waals surface area contributed by atoms with E-state index in [0.29, 0.717) is 12.0 Å². The van der Waals surface area contributed by atoms with Crippen molar-refractivity contribution in [1.82, 2.24) is 15.3 Å². The number of oxazole rings is 1. The van der Waals surface area contributed by atoms with Gasteiger partial charge in [-0.05, 0) is 35.7 Å². The lowest BCUT2D eigenvalue weighted by Crippen LogP contribution is -2.23. The van der Waals surface area contributed by atoms with E-state index in [2.05, 4.69) is 15.3 Å². The molecule has 2 aromatic heterocycles. The zero-order valence-corrected chi connectivity index (χ0v) is 16.2. The molecule has 0 fully saturated rings. The highest BCUT2D eigenvalue weighted by Gasteiger charge is 2.29. The number of H-pyrrole nitrogens is 1. The highest BCUT2D eigenvalue weighted by Crippen LogP contribution is 2.29. The molecule has 6 nitrogen and oxygen atoms in total. The van der Waals surface area contributed by atoms with Gasteiger partial charge in [-0.15, -0.1) is 0 Å². The van der Waals surface area contributed by atoms with Crippen LogP contribution in [-0.2, 0) is 19.1 Å². The van der Waals surface area contributed by atoms with E-state index >= 15 is 0 Å². The van der Waals surface area contributed by atoms with Crippen LogP contribution < -0.4 is 11.1 Å². The van der Waals surface area contributed by atoms with Gasteiger partial charge in [-0.25, -0.2) is 4.98 Å². The predicted octanol–water partition coefficient (Wildman–Crippen LogP) is 4.35. The number of halogens is 3. The van der Waals surface area contributed by atoms with Gasteiger partial charge in [0.25, 0.3) is 5.91 Å². The summed E-state index contributed by atoms with van der Waals surface area (Å²) in [6.45, 7) is 0.0561. The van der Waals surface area contributed by atoms with Crippen molar-refractivity contribution in [3.8, 4) is 0 Å². The van der Waals surface area contributed by atoms with Gasteiger partial charge in [0.05, 0.1) is 11.6 Å². The molecular formula is C22H19F3N4O2. The molecule has 31 heavy (non-hydrogen) atoms. The Morgan fingerprint density at radius 1 is 1.16 bits per heavy atom. The van der Waals surface area contributed by atoms with Crippen LogP contribution in [0.25, 0.3) is 10.9 Å². The molecule has 160 valence electrons. The Hall–Kier alpha value is -3.59. The van der Waals surface area contributed by atoms with E-state index in [0.717, 1.165) is 28.6 Å². The molecule has 2 aromatic carbocycles. The first kappa shape index (κ1) is 20.7. The number of fused-ring (bicyclic) bond motifs is 1. The van der Waals surface area contributed by atoms with Crippen molar-refractivity contribution in [2.75, 3.05) is 0 Å². The molecule has 0 aliphatic rings. The van der Waals surface area contributed by atoms with Crippen LogP contribution in [0.1, 0.15) is 39.1 Å². The number of carbonyl (C=O) groups excluding carboxylic acids is 1. The Bertz CT molecular complexity index is 1200. The summed E-state index contributed by atoms with van der Waals surface area (Å²) in [6, 6.07) is 11.9. The number of nitrogens with two attached hydrogens (primary N) is 1. The van der Waals surface area contributed by atoms with Crippen molar-refractivity contribution in [1.29, 1.82) is 0 Å². The Kier molecular flexibility index (Phi) is 5.51. The van der Waals surface area contributed by atoms with Crippen molar-refractivity contribution < 1.29 is 22.4 Å². The fourth-order valence-electron chi connectivity index (χ4n) is 3.27. The van der Waals surface area contributed by atoms with Crippen molar-refractivity contribution in [3.63, 3.8) is 0 Å². The Labute approximate surface area is 175 Å². The maximum Gasteiger partial charge on any atom is 0.416 e. The van der Waals surface area contributed by atoms with E-state index in [-0.39, 0.29) is 18.1 Å². The van der Waals surface area contributed by atoms with Crippen molar-refractivity contribution in [2.24, 2.45) is 5.73 Å². The first-order valence-corrected chi connectivity index (χ1v) is 9.51. The summed E-state index contributed by atoms with van der Waals surface area (Å²) < 4.78 is 43.2. The maximum absolute atomic E-state index is 12.6. The van der Waals surface area contributed by atoms with Crippen LogP contribution in [0.2, 0.25) is 0 Å². The van der Waals surface area contributed by atoms with Crippen LogP contribution in [0.15, 0.2) is 65.4 Å². The second-order valence-corrected chi connectivity index (χ2v) is 7.12. The number of amides is 1. The minimum atomic E-state index is -4.40. The summed E-state index contributed by atoms with van der Waals surface area (Å²) in [7, 11) is 0. The van der Waals surface area contributed by atoms with E-state index in [4.69, 9.17) is 10.2 Å². The molecule has 0 bridgehead atoms. The summed E-state index contributed by atoms with van der Waals surface area (Å²) in [5.41, 5.74) is 8.06. The second kappa shape index (κ2) is 8.27. The van der Waals surface area contributed by atoms with Gasteiger partial charge in [-0.2, -0.15) is 13.2 Å². The van der Waals surface area contributed by atoms with Crippen LogP contribution in [-0.4, -0.2) is 15.9 Å². The third-order valence-electron chi connectivity index (χ3n) is 4.92. The number of aromatic amines is 1. The fraction of sp³-hybridized carbons (Fsp3) is 0.182. The van der Waals surface area contributed by atoms with Crippen molar-refractivity contribution >= 4 is 16.8 Å². The predicted molar refractivity (Wildman–Crippen MR) is 108 cm³/mol. The first-order valence-electron chi connectivity index (χ1n) is 9.51. The number of benzene rings is 2. The lowest BCUT2D eigenvalue weighted by Gasteiger charge is -2.08. The molecule has 4 rings (SSSR count). The summed E-state index contributed by atoms with van der Waals surface area (Å²) in [5, 5.41) is 3.66. The van der Waals surface area contributed by atoms with Gasteiger partial charge in [0.15, 0.2) is 5.69 Å². The van der Waals surface area contributed by atoms with Crippen LogP contribution in [0, 0.1) is 0 Å². The van der Waals surface area contributed by atoms with Gasteiger partial charge in [0.2, 0.25) is 5.89 Å². The van der Waals surface area contributed by atoms with Crippen LogP contribution >= 0.6 is 0 Å². The second-order valence-electron chi connectivity index (χ2n) is 7.12. The summed E-state index contributed by atoms with van der Waals surface area (Å²) in [4.78, 5) is 19.7. The molecule has 0 radical (unpaired) electrons. The largest absolute Gasteiger partial charge is 0.446 e. The first-order chi connectivity index (χ1) is 14.8. The Morgan fingerprint density at radius 3 is 2.65 bits per heavy atom. The summed E-state index contributed by atoms with van der Waals surface area (Å²) in [6.07, 6.45) is -0.834. The fourth-order valence-corrected chi connectivity index (χ4v) is 3.27. The number of hydrogen-bond acceptors (Lipinski definition) is 4. The lowest BCUT2D eigenvalue weighted by molar-refractivity contribution is -0.137. The number of nitrogens with zero attached hydrogens (tertiary/aromatic N) is 1. The highest BCUT2D eigenvalue weighted by molar-refractivity contribution is 5.91. The molecule has 0 aliphatic carbocycles. The molecule has 9 heteroatoms. The maximum atomic E-state index is 12.6. The van der Waals surface area contributed by atoms with E-state index in [9.17, 15) is 18.0 Å². The molecule has 0 spiro atoms. The van der Waals surface area contributed by atoms with Crippen LogP contribution in [0.4, 0.5) is 13.2 Å². The molecular weight excluding hydrogens is 409 g/mol. The third-order valence-corrected chi connectivity index (χ3v) is 4.92. The minimum absolute atomic E-state index is 0.0521. The zero-order valence-electron chi connectivity index (χ0n) is 16.2. The molecule has 4 aromatic rings. The van der Waals surface area contributed by atoms with Gasteiger partial charge in [0.1, 0.15) is 6.26 Å². The highest BCUT2D eigenvalue weighted by atomic mass is 19.4. The minimum Gasteiger partial charge on any atom is -0.446 e. The van der Waals surface area contributed by atoms with E-state index in [1.807, 2.05) is 30.5 Å². The Balaban J connectivity index is 1.37. The standard InChI is InChI=1S/C22H19F3N4O2/c23-22(24,25)15-7-5-13(6-8-15)10-28-20(30)19-12-31-21(29-19)17(26)9-14-11-27-18-4-2-1-3-16(14)18/h1-8,11-12,17,27H,9-10,26H2,(H,28,30). The number of rotatable bonds is 6. The smallest absolute Gasteiger partial charge is 0.416 e.